The number of hydrogen-bond acceptors (Lipinski definition) is 3. The van der Waals surface area contributed by atoms with Gasteiger partial charge in [-0.2, -0.15) is 0 Å². The molecule has 23 heavy (non-hydrogen) atoms. The average molecular weight is 365 g/mol. The molecule has 2 aromatic carbocycles. The fourth-order valence-corrected chi connectivity index (χ4v) is 5.04. The van der Waals surface area contributed by atoms with E-state index in [9.17, 15) is 0 Å². The van der Waals surface area contributed by atoms with Crippen LogP contribution in [-0.4, -0.2) is 31.1 Å². The topological polar surface area (TPSA) is 15.3 Å². The number of halogens is 2. The summed E-state index contributed by atoms with van der Waals surface area (Å²) in [6.07, 6.45) is 1.19. The lowest BCUT2D eigenvalue weighted by atomic mass is 9.90. The Morgan fingerprint density at radius 1 is 1.17 bits per heavy atom. The minimum absolute atomic E-state index is 0.554. The standard InChI is InChI=1S/C18H18Cl2N2S/c1-22-8-7-15-13(10-22)12-3-2-4-16(18(12)21-15)23-17-9-11(19)5-6-14(17)20/h2-6,9,13,15,21H,7-8,10H2,1H3/t13-,15+/m1/s1. The number of likely N-dealkylation sites (N-methyl/N-ethyl adjacent to an activating group) is 1. The second kappa shape index (κ2) is 6.21. The lowest BCUT2D eigenvalue weighted by molar-refractivity contribution is 0.243. The highest BCUT2D eigenvalue weighted by molar-refractivity contribution is 7.99. The van der Waals surface area contributed by atoms with Gasteiger partial charge in [0.1, 0.15) is 0 Å². The SMILES string of the molecule is CN1CC[C@@H]2Nc3c(Sc4cc(Cl)ccc4Cl)cccc3[C@H]2C1. The van der Waals surface area contributed by atoms with E-state index in [2.05, 4.69) is 35.5 Å². The summed E-state index contributed by atoms with van der Waals surface area (Å²) in [5.41, 5.74) is 2.71. The van der Waals surface area contributed by atoms with Crippen molar-refractivity contribution in [3.8, 4) is 0 Å². The van der Waals surface area contributed by atoms with E-state index in [-0.39, 0.29) is 0 Å². The molecule has 4 rings (SSSR count). The molecular formula is C18H18Cl2N2S. The van der Waals surface area contributed by atoms with Crippen molar-refractivity contribution < 1.29 is 0 Å². The van der Waals surface area contributed by atoms with Crippen LogP contribution in [0.1, 0.15) is 17.9 Å². The molecular weight excluding hydrogens is 347 g/mol. The molecule has 0 aromatic heterocycles. The van der Waals surface area contributed by atoms with Gasteiger partial charge < -0.3 is 10.2 Å². The van der Waals surface area contributed by atoms with Crippen LogP contribution < -0.4 is 5.32 Å². The number of nitrogens with one attached hydrogen (secondary N) is 1. The van der Waals surface area contributed by atoms with E-state index >= 15 is 0 Å². The molecule has 0 saturated carbocycles. The van der Waals surface area contributed by atoms with Crippen LogP contribution in [0, 0.1) is 0 Å². The quantitative estimate of drug-likeness (QED) is 0.772. The van der Waals surface area contributed by atoms with Gasteiger partial charge in [0.25, 0.3) is 0 Å². The first-order valence-corrected chi connectivity index (χ1v) is 9.40. The number of likely N-dealkylation sites (tertiary alicyclic amines) is 1. The molecule has 1 fully saturated rings. The molecule has 2 aliphatic rings. The Hall–Kier alpha value is -0.870. The monoisotopic (exact) mass is 364 g/mol. The predicted octanol–water partition coefficient (Wildman–Crippen LogP) is 5.36. The number of nitrogens with zero attached hydrogens (tertiary/aromatic N) is 1. The van der Waals surface area contributed by atoms with Crippen LogP contribution >= 0.6 is 35.0 Å². The summed E-state index contributed by atoms with van der Waals surface area (Å²) < 4.78 is 0. The average Bonchev–Trinajstić information content (AvgIpc) is 2.90. The van der Waals surface area contributed by atoms with E-state index < -0.39 is 0 Å². The van der Waals surface area contributed by atoms with Gasteiger partial charge in [0.2, 0.25) is 0 Å². The Morgan fingerprint density at radius 3 is 2.91 bits per heavy atom. The molecule has 0 amide bonds. The van der Waals surface area contributed by atoms with Gasteiger partial charge >= 0.3 is 0 Å². The van der Waals surface area contributed by atoms with E-state index in [0.717, 1.165) is 23.0 Å². The fourth-order valence-electron chi connectivity index (χ4n) is 3.56. The van der Waals surface area contributed by atoms with Crippen LogP contribution in [0.15, 0.2) is 46.2 Å². The van der Waals surface area contributed by atoms with Crippen molar-refractivity contribution in [2.45, 2.75) is 28.2 Å². The highest BCUT2D eigenvalue weighted by Gasteiger charge is 2.36. The molecule has 0 aliphatic carbocycles. The van der Waals surface area contributed by atoms with Crippen molar-refractivity contribution in [3.05, 3.63) is 52.0 Å². The van der Waals surface area contributed by atoms with E-state index in [4.69, 9.17) is 23.2 Å². The van der Waals surface area contributed by atoms with Crippen molar-refractivity contribution in [3.63, 3.8) is 0 Å². The van der Waals surface area contributed by atoms with E-state index in [1.54, 1.807) is 11.8 Å². The summed E-state index contributed by atoms with van der Waals surface area (Å²) in [6, 6.07) is 12.7. The van der Waals surface area contributed by atoms with Crippen LogP contribution in [0.2, 0.25) is 10.0 Å². The highest BCUT2D eigenvalue weighted by Crippen LogP contribution is 2.47. The normalized spacial score (nSPS) is 23.3. The van der Waals surface area contributed by atoms with Gasteiger partial charge in [-0.05, 0) is 49.8 Å². The smallest absolute Gasteiger partial charge is 0.0546 e. The zero-order valence-corrected chi connectivity index (χ0v) is 15.2. The van der Waals surface area contributed by atoms with E-state index in [0.29, 0.717) is 17.0 Å². The first-order valence-electron chi connectivity index (χ1n) is 7.83. The lowest BCUT2D eigenvalue weighted by Crippen LogP contribution is -2.39. The van der Waals surface area contributed by atoms with Crippen molar-refractivity contribution >= 4 is 40.7 Å². The predicted molar refractivity (Wildman–Crippen MR) is 99.3 cm³/mol. The molecule has 0 bridgehead atoms. The van der Waals surface area contributed by atoms with Gasteiger partial charge in [0.15, 0.2) is 0 Å². The number of para-hydroxylation sites is 1. The molecule has 0 unspecified atom stereocenters. The number of rotatable bonds is 2. The summed E-state index contributed by atoms with van der Waals surface area (Å²) in [4.78, 5) is 4.65. The third-order valence-corrected chi connectivity index (χ3v) is 6.51. The zero-order valence-electron chi connectivity index (χ0n) is 12.9. The van der Waals surface area contributed by atoms with Crippen LogP contribution in [0.3, 0.4) is 0 Å². The molecule has 2 heterocycles. The molecule has 2 atom stereocenters. The van der Waals surface area contributed by atoms with Crippen LogP contribution in [0.25, 0.3) is 0 Å². The molecule has 0 radical (unpaired) electrons. The summed E-state index contributed by atoms with van der Waals surface area (Å²) in [7, 11) is 2.21. The minimum Gasteiger partial charge on any atom is -0.380 e. The third kappa shape index (κ3) is 2.96. The van der Waals surface area contributed by atoms with Crippen molar-refractivity contribution in [1.82, 2.24) is 4.90 Å². The number of piperidine rings is 1. The van der Waals surface area contributed by atoms with Gasteiger partial charge in [-0.3, -0.25) is 0 Å². The Bertz CT molecular complexity index is 750. The Balaban J connectivity index is 1.68. The lowest BCUT2D eigenvalue weighted by Gasteiger charge is -2.32. The maximum absolute atomic E-state index is 6.33. The zero-order chi connectivity index (χ0) is 16.0. The Morgan fingerprint density at radius 2 is 2.04 bits per heavy atom. The summed E-state index contributed by atoms with van der Waals surface area (Å²) in [6.45, 7) is 2.28. The van der Waals surface area contributed by atoms with Crippen LogP contribution in [-0.2, 0) is 0 Å². The Labute approximate surface area is 151 Å². The largest absolute Gasteiger partial charge is 0.380 e. The van der Waals surface area contributed by atoms with E-state index in [1.165, 1.54) is 22.6 Å². The van der Waals surface area contributed by atoms with Crippen molar-refractivity contribution in [1.29, 1.82) is 0 Å². The number of fused-ring (bicyclic) bond motifs is 3. The molecule has 2 nitrogen and oxygen atoms in total. The highest BCUT2D eigenvalue weighted by atomic mass is 35.5. The summed E-state index contributed by atoms with van der Waals surface area (Å²) >= 11 is 14.1. The number of hydrogen-bond donors (Lipinski definition) is 1. The maximum atomic E-state index is 6.33. The van der Waals surface area contributed by atoms with Crippen molar-refractivity contribution in [2.24, 2.45) is 0 Å². The van der Waals surface area contributed by atoms with E-state index in [1.807, 2.05) is 18.2 Å². The van der Waals surface area contributed by atoms with Gasteiger partial charge in [0, 0.05) is 33.3 Å². The van der Waals surface area contributed by atoms with Gasteiger partial charge in [0.05, 0.1) is 10.7 Å². The molecule has 2 aromatic rings. The molecule has 1 saturated heterocycles. The molecule has 2 aliphatic heterocycles. The van der Waals surface area contributed by atoms with Gasteiger partial charge in [-0.25, -0.2) is 0 Å². The number of benzene rings is 2. The summed E-state index contributed by atoms with van der Waals surface area (Å²) in [5, 5.41) is 5.21. The molecule has 0 spiro atoms. The van der Waals surface area contributed by atoms with Gasteiger partial charge in [-0.1, -0.05) is 47.1 Å². The number of anilines is 1. The van der Waals surface area contributed by atoms with Crippen LogP contribution in [0.5, 0.6) is 0 Å². The maximum Gasteiger partial charge on any atom is 0.0546 e. The first-order chi connectivity index (χ1) is 11.1. The molecule has 5 heteroatoms. The Kier molecular flexibility index (Phi) is 4.22. The van der Waals surface area contributed by atoms with Crippen molar-refractivity contribution in [2.75, 3.05) is 25.5 Å². The fraction of sp³-hybridized carbons (Fsp3) is 0.333. The minimum atomic E-state index is 0.554. The first kappa shape index (κ1) is 15.6. The molecule has 120 valence electrons. The second-order valence-electron chi connectivity index (χ2n) is 6.31. The summed E-state index contributed by atoms with van der Waals surface area (Å²) in [5.74, 6) is 0.583. The molecule has 1 N–H and O–H groups in total. The second-order valence-corrected chi connectivity index (χ2v) is 8.23. The van der Waals surface area contributed by atoms with Gasteiger partial charge in [-0.15, -0.1) is 0 Å². The van der Waals surface area contributed by atoms with Crippen LogP contribution in [0.4, 0.5) is 5.69 Å². The third-order valence-electron chi connectivity index (χ3n) is 4.72.